The maximum atomic E-state index is 14.7. The summed E-state index contributed by atoms with van der Waals surface area (Å²) < 4.78 is 19.8. The summed E-state index contributed by atoms with van der Waals surface area (Å²) in [6.07, 6.45) is 5.36. The molecule has 33 heavy (non-hydrogen) atoms. The number of carbonyl (C=O) groups excluding carboxylic acids is 2. The van der Waals surface area contributed by atoms with Gasteiger partial charge in [0.25, 0.3) is 0 Å². The summed E-state index contributed by atoms with van der Waals surface area (Å²) in [5.41, 5.74) is 1.32. The SMILES string of the molecule is CCOC(=O)C1CCN(C/C=C2\CN(C(C(=O)C3CC3)c3ccccc3F)CCC2O)CC1. The number of hydrogen-bond donors (Lipinski definition) is 1. The van der Waals surface area contributed by atoms with Crippen LogP contribution in [0.25, 0.3) is 0 Å². The van der Waals surface area contributed by atoms with Crippen molar-refractivity contribution in [3.63, 3.8) is 0 Å². The summed E-state index contributed by atoms with van der Waals surface area (Å²) in [7, 11) is 0. The van der Waals surface area contributed by atoms with Crippen LogP contribution in [-0.4, -0.2) is 72.1 Å². The molecule has 2 heterocycles. The van der Waals surface area contributed by atoms with Gasteiger partial charge in [0, 0.05) is 31.1 Å². The summed E-state index contributed by atoms with van der Waals surface area (Å²) in [6.45, 7) is 5.56. The highest BCUT2D eigenvalue weighted by molar-refractivity contribution is 5.89. The first kappa shape index (κ1) is 24.0. The number of nitrogens with zero attached hydrogens (tertiary/aromatic N) is 2. The quantitative estimate of drug-likeness (QED) is 0.477. The largest absolute Gasteiger partial charge is 0.466 e. The molecule has 2 atom stereocenters. The highest BCUT2D eigenvalue weighted by atomic mass is 19.1. The average molecular weight is 459 g/mol. The van der Waals surface area contributed by atoms with Crippen molar-refractivity contribution in [3.8, 4) is 0 Å². The second kappa shape index (κ2) is 10.9. The van der Waals surface area contributed by atoms with Gasteiger partial charge in [0.1, 0.15) is 5.82 Å². The Morgan fingerprint density at radius 3 is 2.52 bits per heavy atom. The van der Waals surface area contributed by atoms with E-state index in [-0.39, 0.29) is 29.4 Å². The molecule has 180 valence electrons. The molecule has 2 saturated heterocycles. The van der Waals surface area contributed by atoms with Gasteiger partial charge < -0.3 is 9.84 Å². The summed E-state index contributed by atoms with van der Waals surface area (Å²) in [5.74, 6) is -0.364. The Morgan fingerprint density at radius 1 is 1.12 bits per heavy atom. The third-order valence-electron chi connectivity index (χ3n) is 7.14. The van der Waals surface area contributed by atoms with Gasteiger partial charge in [-0.3, -0.25) is 19.4 Å². The molecule has 0 bridgehead atoms. The molecule has 0 spiro atoms. The fourth-order valence-corrected chi connectivity index (χ4v) is 4.99. The zero-order valence-corrected chi connectivity index (χ0v) is 19.4. The molecule has 3 aliphatic rings. The molecule has 2 aliphatic heterocycles. The van der Waals surface area contributed by atoms with Crippen LogP contribution >= 0.6 is 0 Å². The van der Waals surface area contributed by atoms with E-state index in [9.17, 15) is 19.1 Å². The molecule has 0 radical (unpaired) electrons. The number of likely N-dealkylation sites (tertiary alicyclic amines) is 2. The van der Waals surface area contributed by atoms with Crippen LogP contribution in [0.4, 0.5) is 4.39 Å². The van der Waals surface area contributed by atoms with Crippen LogP contribution in [0.3, 0.4) is 0 Å². The van der Waals surface area contributed by atoms with E-state index in [1.165, 1.54) is 6.07 Å². The standard InChI is InChI=1S/C26H35FN2O4/c1-2-33-26(32)19-9-13-28(14-10-19)15-11-20-17-29(16-12-23(20)30)24(25(31)18-7-8-18)21-5-3-4-6-22(21)27/h3-6,11,18-19,23-24,30H,2,7-10,12-17H2,1H3/b20-11+. The highest BCUT2D eigenvalue weighted by Crippen LogP contribution is 2.39. The van der Waals surface area contributed by atoms with Crippen LogP contribution in [-0.2, 0) is 14.3 Å². The van der Waals surface area contributed by atoms with Crippen LogP contribution in [0.15, 0.2) is 35.9 Å². The van der Waals surface area contributed by atoms with Gasteiger partial charge in [0.2, 0.25) is 0 Å². The number of hydrogen-bond acceptors (Lipinski definition) is 6. The van der Waals surface area contributed by atoms with Gasteiger partial charge >= 0.3 is 5.97 Å². The minimum atomic E-state index is -0.602. The third kappa shape index (κ3) is 5.89. The molecule has 0 aromatic heterocycles. The van der Waals surface area contributed by atoms with Gasteiger partial charge in [-0.05, 0) is 63.8 Å². The van der Waals surface area contributed by atoms with E-state index in [1.807, 2.05) is 11.8 Å². The number of ketones is 1. The van der Waals surface area contributed by atoms with Crippen molar-refractivity contribution in [1.29, 1.82) is 0 Å². The molecule has 0 amide bonds. The second-order valence-corrected chi connectivity index (χ2v) is 9.48. The molecular weight excluding hydrogens is 423 g/mol. The van der Waals surface area contributed by atoms with Crippen molar-refractivity contribution >= 4 is 11.8 Å². The Labute approximate surface area is 195 Å². The Hall–Kier alpha value is -2.09. The predicted octanol–water partition coefficient (Wildman–Crippen LogP) is 3.11. The number of halogens is 1. The maximum absolute atomic E-state index is 14.7. The first-order valence-corrected chi connectivity index (χ1v) is 12.3. The molecule has 1 aliphatic carbocycles. The number of piperidine rings is 2. The van der Waals surface area contributed by atoms with Gasteiger partial charge in [0.15, 0.2) is 5.78 Å². The van der Waals surface area contributed by atoms with Gasteiger partial charge in [0.05, 0.1) is 24.7 Å². The van der Waals surface area contributed by atoms with Crippen molar-refractivity contribution in [2.45, 2.75) is 51.2 Å². The van der Waals surface area contributed by atoms with Crippen molar-refractivity contribution in [2.24, 2.45) is 11.8 Å². The minimum Gasteiger partial charge on any atom is -0.466 e. The molecule has 1 saturated carbocycles. The van der Waals surface area contributed by atoms with Crippen molar-refractivity contribution < 1.29 is 23.8 Å². The van der Waals surface area contributed by atoms with Gasteiger partial charge in [-0.15, -0.1) is 0 Å². The van der Waals surface area contributed by atoms with Crippen LogP contribution in [0.5, 0.6) is 0 Å². The Kier molecular flexibility index (Phi) is 7.94. The number of rotatable bonds is 8. The molecule has 1 N–H and O–H groups in total. The number of Topliss-reactive ketones (excluding diaryl/α,β-unsaturated/α-hetero) is 1. The summed E-state index contributed by atoms with van der Waals surface area (Å²) in [5, 5.41) is 10.6. The van der Waals surface area contributed by atoms with E-state index in [0.29, 0.717) is 38.2 Å². The maximum Gasteiger partial charge on any atom is 0.309 e. The number of benzene rings is 1. The monoisotopic (exact) mass is 458 g/mol. The molecule has 3 fully saturated rings. The average Bonchev–Trinajstić information content (AvgIpc) is 3.66. The first-order chi connectivity index (χ1) is 16.0. The van der Waals surface area contributed by atoms with Gasteiger partial charge in [-0.2, -0.15) is 0 Å². The number of carbonyl (C=O) groups is 2. The van der Waals surface area contributed by atoms with Crippen molar-refractivity contribution in [3.05, 3.63) is 47.3 Å². The second-order valence-electron chi connectivity index (χ2n) is 9.48. The lowest BCUT2D eigenvalue weighted by molar-refractivity contribution is -0.149. The summed E-state index contributed by atoms with van der Waals surface area (Å²) >= 11 is 0. The molecule has 7 heteroatoms. The highest BCUT2D eigenvalue weighted by Gasteiger charge is 2.41. The Bertz CT molecular complexity index is 877. The molecule has 4 rings (SSSR count). The smallest absolute Gasteiger partial charge is 0.309 e. The molecule has 2 unspecified atom stereocenters. The lowest BCUT2D eigenvalue weighted by Crippen LogP contribution is -2.44. The molecule has 6 nitrogen and oxygen atoms in total. The number of esters is 1. The van der Waals surface area contributed by atoms with Crippen LogP contribution in [0, 0.1) is 17.7 Å². The zero-order valence-electron chi connectivity index (χ0n) is 19.4. The number of ether oxygens (including phenoxy) is 1. The van der Waals surface area contributed by atoms with E-state index < -0.39 is 12.1 Å². The van der Waals surface area contributed by atoms with E-state index in [0.717, 1.165) is 44.3 Å². The van der Waals surface area contributed by atoms with Crippen LogP contribution in [0.1, 0.15) is 50.6 Å². The number of aliphatic hydroxyl groups excluding tert-OH is 1. The fraction of sp³-hybridized carbons (Fsp3) is 0.615. The zero-order chi connectivity index (χ0) is 23.4. The van der Waals surface area contributed by atoms with Crippen molar-refractivity contribution in [1.82, 2.24) is 9.80 Å². The van der Waals surface area contributed by atoms with Crippen LogP contribution in [0.2, 0.25) is 0 Å². The van der Waals surface area contributed by atoms with E-state index in [4.69, 9.17) is 4.74 Å². The summed E-state index contributed by atoms with van der Waals surface area (Å²) in [6, 6.07) is 5.95. The lowest BCUT2D eigenvalue weighted by Gasteiger charge is -2.38. The molecule has 1 aromatic carbocycles. The molecule has 1 aromatic rings. The fourth-order valence-electron chi connectivity index (χ4n) is 4.99. The lowest BCUT2D eigenvalue weighted by atomic mass is 9.92. The van der Waals surface area contributed by atoms with Crippen molar-refractivity contribution in [2.75, 3.05) is 39.3 Å². The molecular formula is C26H35FN2O4. The van der Waals surface area contributed by atoms with Gasteiger partial charge in [-0.25, -0.2) is 4.39 Å². The van der Waals surface area contributed by atoms with Gasteiger partial charge in [-0.1, -0.05) is 24.3 Å². The number of aliphatic hydroxyl groups is 1. The topological polar surface area (TPSA) is 70.1 Å². The van der Waals surface area contributed by atoms with E-state index in [2.05, 4.69) is 11.0 Å². The third-order valence-corrected chi connectivity index (χ3v) is 7.14. The van der Waals surface area contributed by atoms with E-state index >= 15 is 0 Å². The summed E-state index contributed by atoms with van der Waals surface area (Å²) in [4.78, 5) is 29.4. The predicted molar refractivity (Wildman–Crippen MR) is 123 cm³/mol. The normalized spacial score (nSPS) is 25.2. The van der Waals surface area contributed by atoms with E-state index in [1.54, 1.807) is 18.2 Å². The Morgan fingerprint density at radius 2 is 1.85 bits per heavy atom. The first-order valence-electron chi connectivity index (χ1n) is 12.3. The van der Waals surface area contributed by atoms with Crippen LogP contribution < -0.4 is 0 Å². The minimum absolute atomic E-state index is 0.0228. The Balaban J connectivity index is 1.41.